The summed E-state index contributed by atoms with van der Waals surface area (Å²) in [5.41, 5.74) is 3.28. The topological polar surface area (TPSA) is 102 Å². The Balaban J connectivity index is 1.56. The summed E-state index contributed by atoms with van der Waals surface area (Å²) >= 11 is 2.45. The molecule has 0 aliphatic rings. The average Bonchev–Trinajstić information content (AvgIpc) is 3.18. The quantitative estimate of drug-likeness (QED) is 0.386. The number of aryl methyl sites for hydroxylation is 2. The molecule has 8 nitrogen and oxygen atoms in total. The average molecular weight is 459 g/mol. The zero-order valence-electron chi connectivity index (χ0n) is 17.5. The number of aromatic nitrogens is 2. The van der Waals surface area contributed by atoms with E-state index in [1.165, 1.54) is 37.3 Å². The number of anilines is 2. The number of rotatable bonds is 8. The number of ether oxygens (including phenoxy) is 2. The third-order valence-electron chi connectivity index (χ3n) is 4.11. The molecule has 31 heavy (non-hydrogen) atoms. The molecule has 3 rings (SSSR count). The van der Waals surface area contributed by atoms with Crippen molar-refractivity contribution in [1.82, 2.24) is 10.2 Å². The molecule has 0 bridgehead atoms. The minimum absolute atomic E-state index is 0.140. The summed E-state index contributed by atoms with van der Waals surface area (Å²) in [6.07, 6.45) is 0. The normalized spacial score (nSPS) is 10.5. The van der Waals surface area contributed by atoms with Crippen LogP contribution in [0.15, 0.2) is 40.7 Å². The van der Waals surface area contributed by atoms with Crippen molar-refractivity contribution < 1.29 is 19.1 Å². The maximum absolute atomic E-state index is 12.6. The van der Waals surface area contributed by atoms with Crippen molar-refractivity contribution in [2.24, 2.45) is 0 Å². The fourth-order valence-electron chi connectivity index (χ4n) is 2.84. The van der Waals surface area contributed by atoms with Gasteiger partial charge in [-0.15, -0.1) is 10.2 Å². The largest absolute Gasteiger partial charge is 0.497 e. The molecule has 0 radical (unpaired) electrons. The highest BCUT2D eigenvalue weighted by Crippen LogP contribution is 2.28. The van der Waals surface area contributed by atoms with Crippen molar-refractivity contribution in [2.75, 3.05) is 30.6 Å². The molecule has 10 heteroatoms. The van der Waals surface area contributed by atoms with Crippen LogP contribution in [0.25, 0.3) is 0 Å². The Morgan fingerprint density at radius 3 is 2.42 bits per heavy atom. The Kier molecular flexibility index (Phi) is 7.48. The number of carbonyl (C=O) groups is 2. The van der Waals surface area contributed by atoms with Gasteiger partial charge in [0.25, 0.3) is 5.91 Å². The van der Waals surface area contributed by atoms with Gasteiger partial charge in [-0.1, -0.05) is 29.2 Å². The lowest BCUT2D eigenvalue weighted by Crippen LogP contribution is -2.14. The van der Waals surface area contributed by atoms with Gasteiger partial charge >= 0.3 is 0 Å². The van der Waals surface area contributed by atoms with Crippen molar-refractivity contribution in [2.45, 2.75) is 18.2 Å². The zero-order chi connectivity index (χ0) is 22.4. The van der Waals surface area contributed by atoms with Crippen LogP contribution in [0.3, 0.4) is 0 Å². The number of hydrogen-bond acceptors (Lipinski definition) is 8. The first-order valence-corrected chi connectivity index (χ1v) is 11.1. The van der Waals surface area contributed by atoms with Crippen LogP contribution in [0, 0.1) is 13.8 Å². The Morgan fingerprint density at radius 2 is 1.74 bits per heavy atom. The van der Waals surface area contributed by atoms with Gasteiger partial charge in [-0.05, 0) is 49.2 Å². The number of methoxy groups -OCH3 is 2. The van der Waals surface area contributed by atoms with Crippen LogP contribution in [0.5, 0.6) is 11.5 Å². The Bertz CT molecular complexity index is 1080. The van der Waals surface area contributed by atoms with Gasteiger partial charge < -0.3 is 14.8 Å². The first kappa shape index (κ1) is 22.6. The van der Waals surface area contributed by atoms with Crippen LogP contribution in [0.4, 0.5) is 10.8 Å². The second-order valence-electron chi connectivity index (χ2n) is 6.61. The van der Waals surface area contributed by atoms with E-state index in [-0.39, 0.29) is 17.6 Å². The summed E-state index contributed by atoms with van der Waals surface area (Å²) in [6.45, 7) is 3.96. The molecule has 0 unspecified atom stereocenters. The molecule has 0 aliphatic heterocycles. The number of nitrogens with zero attached hydrogens (tertiary/aromatic N) is 2. The molecule has 2 N–H and O–H groups in total. The van der Waals surface area contributed by atoms with Gasteiger partial charge in [-0.25, -0.2) is 0 Å². The van der Waals surface area contributed by atoms with Crippen LogP contribution in [-0.2, 0) is 4.79 Å². The monoisotopic (exact) mass is 458 g/mol. The summed E-state index contributed by atoms with van der Waals surface area (Å²) in [5.74, 6) is 0.640. The van der Waals surface area contributed by atoms with Crippen molar-refractivity contribution in [3.8, 4) is 11.5 Å². The molecule has 0 atom stereocenters. The summed E-state index contributed by atoms with van der Waals surface area (Å²) in [7, 11) is 3.02. The summed E-state index contributed by atoms with van der Waals surface area (Å²) in [5, 5.41) is 13.9. The van der Waals surface area contributed by atoms with Gasteiger partial charge in [-0.2, -0.15) is 0 Å². The first-order valence-electron chi connectivity index (χ1n) is 9.25. The standard InChI is InChI=1S/C21H22N4O4S2/c1-12-7-13(2)9-14(8-12)22-18(26)11-30-21-25-24-20(31-21)23-19(27)16-6-5-15(28-3)10-17(16)29-4/h5-10H,11H2,1-4H3,(H,22,26)(H,23,24,27). The van der Waals surface area contributed by atoms with Crippen molar-refractivity contribution >= 4 is 45.7 Å². The van der Waals surface area contributed by atoms with E-state index in [4.69, 9.17) is 9.47 Å². The molecule has 0 saturated carbocycles. The minimum atomic E-state index is -0.375. The van der Waals surface area contributed by atoms with Gasteiger partial charge in [0.2, 0.25) is 11.0 Å². The Morgan fingerprint density at radius 1 is 1.00 bits per heavy atom. The smallest absolute Gasteiger partial charge is 0.261 e. The summed E-state index contributed by atoms with van der Waals surface area (Å²) in [4.78, 5) is 24.8. The second-order valence-corrected chi connectivity index (χ2v) is 8.81. The molecule has 0 aliphatic carbocycles. The molecule has 2 amide bonds. The highest BCUT2D eigenvalue weighted by molar-refractivity contribution is 8.01. The number of thioether (sulfide) groups is 1. The van der Waals surface area contributed by atoms with Crippen LogP contribution in [-0.4, -0.2) is 42.0 Å². The minimum Gasteiger partial charge on any atom is -0.497 e. The van der Waals surface area contributed by atoms with Crippen LogP contribution >= 0.6 is 23.1 Å². The number of benzene rings is 2. The Hall–Kier alpha value is -3.11. The fourth-order valence-corrected chi connectivity index (χ4v) is 4.39. The van der Waals surface area contributed by atoms with Gasteiger partial charge in [0.05, 0.1) is 25.5 Å². The molecule has 0 spiro atoms. The maximum atomic E-state index is 12.6. The van der Waals surface area contributed by atoms with Crippen LogP contribution < -0.4 is 20.1 Å². The van der Waals surface area contributed by atoms with E-state index >= 15 is 0 Å². The lowest BCUT2D eigenvalue weighted by atomic mass is 10.1. The van der Waals surface area contributed by atoms with Gasteiger partial charge in [0, 0.05) is 11.8 Å². The van der Waals surface area contributed by atoms with E-state index in [1.807, 2.05) is 32.0 Å². The highest BCUT2D eigenvalue weighted by atomic mass is 32.2. The van der Waals surface area contributed by atoms with E-state index in [0.717, 1.165) is 16.8 Å². The van der Waals surface area contributed by atoms with E-state index in [1.54, 1.807) is 18.2 Å². The van der Waals surface area contributed by atoms with E-state index in [2.05, 4.69) is 20.8 Å². The van der Waals surface area contributed by atoms with E-state index in [0.29, 0.717) is 26.5 Å². The van der Waals surface area contributed by atoms with E-state index < -0.39 is 0 Å². The first-order chi connectivity index (χ1) is 14.9. The lowest BCUT2D eigenvalue weighted by molar-refractivity contribution is -0.113. The number of carbonyl (C=O) groups excluding carboxylic acids is 2. The van der Waals surface area contributed by atoms with Crippen LogP contribution in [0.1, 0.15) is 21.5 Å². The van der Waals surface area contributed by atoms with Crippen molar-refractivity contribution in [1.29, 1.82) is 0 Å². The zero-order valence-corrected chi connectivity index (χ0v) is 19.1. The Labute approximate surface area is 188 Å². The number of amides is 2. The van der Waals surface area contributed by atoms with Crippen molar-refractivity contribution in [3.63, 3.8) is 0 Å². The third-order valence-corrected chi connectivity index (χ3v) is 6.08. The lowest BCUT2D eigenvalue weighted by Gasteiger charge is -2.09. The fraction of sp³-hybridized carbons (Fsp3) is 0.238. The van der Waals surface area contributed by atoms with Crippen LogP contribution in [0.2, 0.25) is 0 Å². The van der Waals surface area contributed by atoms with Gasteiger partial charge in [0.15, 0.2) is 4.34 Å². The summed E-state index contributed by atoms with van der Waals surface area (Å²) < 4.78 is 11.0. The number of nitrogens with one attached hydrogen (secondary N) is 2. The molecule has 1 heterocycles. The molecule has 0 saturated heterocycles. The van der Waals surface area contributed by atoms with E-state index in [9.17, 15) is 9.59 Å². The molecular weight excluding hydrogens is 436 g/mol. The van der Waals surface area contributed by atoms with Gasteiger partial charge in [0.1, 0.15) is 11.5 Å². The molecule has 1 aromatic heterocycles. The molecule has 3 aromatic rings. The third kappa shape index (κ3) is 6.19. The predicted octanol–water partition coefficient (Wildman–Crippen LogP) is 4.16. The molecule has 162 valence electrons. The summed E-state index contributed by atoms with van der Waals surface area (Å²) in [6, 6.07) is 10.8. The van der Waals surface area contributed by atoms with Gasteiger partial charge in [-0.3, -0.25) is 14.9 Å². The molecular formula is C21H22N4O4S2. The second kappa shape index (κ2) is 10.3. The maximum Gasteiger partial charge on any atom is 0.261 e. The SMILES string of the molecule is COc1ccc(C(=O)Nc2nnc(SCC(=O)Nc3cc(C)cc(C)c3)s2)c(OC)c1. The molecule has 0 fully saturated rings. The highest BCUT2D eigenvalue weighted by Gasteiger charge is 2.16. The van der Waals surface area contributed by atoms with Crippen molar-refractivity contribution in [3.05, 3.63) is 53.1 Å². The predicted molar refractivity (Wildman–Crippen MR) is 123 cm³/mol. The molecule has 2 aromatic carbocycles. The number of hydrogen-bond donors (Lipinski definition) is 2.